The van der Waals surface area contributed by atoms with Crippen molar-refractivity contribution >= 4 is 12.0 Å². The number of aromatic nitrogens is 2. The Kier molecular flexibility index (Phi) is 4.25. The minimum absolute atomic E-state index is 0.0404. The van der Waals surface area contributed by atoms with Crippen LogP contribution in [0.5, 0.6) is 0 Å². The first-order valence-electron chi connectivity index (χ1n) is 7.48. The molecule has 1 aliphatic heterocycles. The van der Waals surface area contributed by atoms with Gasteiger partial charge >= 0.3 is 12.1 Å². The molecule has 6 nitrogen and oxygen atoms in total. The van der Waals surface area contributed by atoms with Crippen molar-refractivity contribution < 1.29 is 22.7 Å². The number of ether oxygens (including phenoxy) is 1. The first kappa shape index (κ1) is 17.0. The highest BCUT2D eigenvalue weighted by Crippen LogP contribution is 2.33. The van der Waals surface area contributed by atoms with Crippen LogP contribution in [0.3, 0.4) is 0 Å². The molecular formula is C16H15F3N4O2. The van der Waals surface area contributed by atoms with Crippen molar-refractivity contribution in [2.45, 2.75) is 19.3 Å². The van der Waals surface area contributed by atoms with E-state index >= 15 is 0 Å². The largest absolute Gasteiger partial charge is 0.461 e. The van der Waals surface area contributed by atoms with Crippen molar-refractivity contribution in [3.8, 4) is 5.69 Å². The Morgan fingerprint density at radius 1 is 1.40 bits per heavy atom. The predicted octanol–water partition coefficient (Wildman–Crippen LogP) is 2.60. The zero-order valence-electron chi connectivity index (χ0n) is 13.2. The summed E-state index contributed by atoms with van der Waals surface area (Å²) in [5.41, 5.74) is 6.01. The minimum Gasteiger partial charge on any atom is -0.461 e. The number of carbonyl (C=O) groups is 1. The van der Waals surface area contributed by atoms with Crippen LogP contribution in [0.15, 0.2) is 30.5 Å². The number of fused-ring (bicyclic) bond motifs is 1. The maximum absolute atomic E-state index is 13.4. The Bertz CT molecular complexity index is 842. The summed E-state index contributed by atoms with van der Waals surface area (Å²) >= 11 is 0. The number of alkyl halides is 3. The molecule has 2 aromatic rings. The summed E-state index contributed by atoms with van der Waals surface area (Å²) < 4.78 is 45.5. The molecule has 0 spiro atoms. The van der Waals surface area contributed by atoms with E-state index in [-0.39, 0.29) is 12.3 Å². The van der Waals surface area contributed by atoms with Gasteiger partial charge in [0.1, 0.15) is 11.9 Å². The minimum atomic E-state index is -4.69. The van der Waals surface area contributed by atoms with Crippen LogP contribution in [-0.2, 0) is 10.9 Å². The SMILES string of the molecule is CCOC(=O)c1cc(C(F)(F)F)n(-c2ccc3c(c2)C(N)NC=C3)n1. The Morgan fingerprint density at radius 2 is 2.16 bits per heavy atom. The number of benzene rings is 1. The van der Waals surface area contributed by atoms with E-state index in [1.54, 1.807) is 25.3 Å². The third-order valence-electron chi connectivity index (χ3n) is 3.67. The van der Waals surface area contributed by atoms with E-state index in [1.165, 1.54) is 12.1 Å². The second-order valence-electron chi connectivity index (χ2n) is 5.34. The summed E-state index contributed by atoms with van der Waals surface area (Å²) in [6.45, 7) is 1.60. The third-order valence-corrected chi connectivity index (χ3v) is 3.67. The molecular weight excluding hydrogens is 337 g/mol. The second-order valence-corrected chi connectivity index (χ2v) is 5.34. The van der Waals surface area contributed by atoms with E-state index in [9.17, 15) is 18.0 Å². The number of nitrogens with one attached hydrogen (secondary N) is 1. The van der Waals surface area contributed by atoms with Gasteiger partial charge in [-0.3, -0.25) is 0 Å². The van der Waals surface area contributed by atoms with Gasteiger partial charge in [0.15, 0.2) is 5.69 Å². The lowest BCUT2D eigenvalue weighted by molar-refractivity contribution is -0.142. The fraction of sp³-hybridized carbons (Fsp3) is 0.250. The molecule has 1 unspecified atom stereocenters. The topological polar surface area (TPSA) is 82.2 Å². The summed E-state index contributed by atoms with van der Waals surface area (Å²) in [5.74, 6) is -0.911. The van der Waals surface area contributed by atoms with Crippen LogP contribution in [0.1, 0.15) is 40.4 Å². The van der Waals surface area contributed by atoms with Crippen LogP contribution in [0, 0.1) is 0 Å². The Hall–Kier alpha value is -2.81. The zero-order valence-corrected chi connectivity index (χ0v) is 13.2. The molecule has 1 atom stereocenters. The molecule has 0 bridgehead atoms. The van der Waals surface area contributed by atoms with Gasteiger partial charge in [-0.25, -0.2) is 9.48 Å². The van der Waals surface area contributed by atoms with Crippen molar-refractivity contribution in [1.82, 2.24) is 15.1 Å². The van der Waals surface area contributed by atoms with Gasteiger partial charge in [-0.2, -0.15) is 18.3 Å². The molecule has 0 saturated heterocycles. The van der Waals surface area contributed by atoms with Gasteiger partial charge in [-0.05, 0) is 42.5 Å². The monoisotopic (exact) mass is 352 g/mol. The molecule has 0 saturated carbocycles. The fourth-order valence-electron chi connectivity index (χ4n) is 2.53. The predicted molar refractivity (Wildman–Crippen MR) is 83.6 cm³/mol. The Morgan fingerprint density at radius 3 is 2.84 bits per heavy atom. The lowest BCUT2D eigenvalue weighted by atomic mass is 10.0. The van der Waals surface area contributed by atoms with E-state index < -0.39 is 29.7 Å². The van der Waals surface area contributed by atoms with Gasteiger partial charge in [0.25, 0.3) is 0 Å². The number of hydrogen-bond donors (Lipinski definition) is 2. The van der Waals surface area contributed by atoms with Crippen molar-refractivity contribution in [3.05, 3.63) is 53.0 Å². The lowest BCUT2D eigenvalue weighted by Crippen LogP contribution is -2.27. The van der Waals surface area contributed by atoms with Gasteiger partial charge in [0, 0.05) is 6.07 Å². The summed E-state index contributed by atoms with van der Waals surface area (Å²) in [6, 6.07) is 5.31. The summed E-state index contributed by atoms with van der Waals surface area (Å²) in [4.78, 5) is 11.7. The van der Waals surface area contributed by atoms with E-state index in [2.05, 4.69) is 10.4 Å². The summed E-state index contributed by atoms with van der Waals surface area (Å²) in [5, 5.41) is 6.66. The molecule has 0 radical (unpaired) electrons. The third kappa shape index (κ3) is 3.22. The van der Waals surface area contributed by atoms with E-state index in [4.69, 9.17) is 10.5 Å². The van der Waals surface area contributed by atoms with Gasteiger partial charge < -0.3 is 15.8 Å². The Labute approximate surface area is 141 Å². The van der Waals surface area contributed by atoms with Gasteiger partial charge in [0.05, 0.1) is 12.3 Å². The number of nitrogens with two attached hydrogens (primary N) is 1. The van der Waals surface area contributed by atoms with Crippen molar-refractivity contribution in [2.75, 3.05) is 6.61 Å². The summed E-state index contributed by atoms with van der Waals surface area (Å²) in [6.07, 6.45) is -1.80. The number of esters is 1. The van der Waals surface area contributed by atoms with Crippen molar-refractivity contribution in [2.24, 2.45) is 5.73 Å². The number of hydrogen-bond acceptors (Lipinski definition) is 5. The van der Waals surface area contributed by atoms with Crippen molar-refractivity contribution in [3.63, 3.8) is 0 Å². The average Bonchev–Trinajstić information content (AvgIpc) is 3.01. The smallest absolute Gasteiger partial charge is 0.433 e. The number of halogens is 3. The zero-order chi connectivity index (χ0) is 18.2. The molecule has 25 heavy (non-hydrogen) atoms. The number of nitrogens with zero attached hydrogens (tertiary/aromatic N) is 2. The van der Waals surface area contributed by atoms with E-state index in [1.807, 2.05) is 0 Å². The van der Waals surface area contributed by atoms with Gasteiger partial charge in [0.2, 0.25) is 0 Å². The fourth-order valence-corrected chi connectivity index (χ4v) is 2.53. The quantitative estimate of drug-likeness (QED) is 0.830. The molecule has 0 amide bonds. The molecule has 132 valence electrons. The lowest BCUT2D eigenvalue weighted by Gasteiger charge is -2.21. The number of rotatable bonds is 3. The Balaban J connectivity index is 2.11. The highest BCUT2D eigenvalue weighted by molar-refractivity contribution is 5.87. The van der Waals surface area contributed by atoms with Gasteiger partial charge in [-0.15, -0.1) is 0 Å². The van der Waals surface area contributed by atoms with Gasteiger partial charge in [-0.1, -0.05) is 6.07 Å². The van der Waals surface area contributed by atoms with Crippen LogP contribution in [0.2, 0.25) is 0 Å². The maximum Gasteiger partial charge on any atom is 0.433 e. The molecule has 0 fully saturated rings. The van der Waals surface area contributed by atoms with Crippen molar-refractivity contribution in [1.29, 1.82) is 0 Å². The molecule has 1 aromatic carbocycles. The molecule has 9 heteroatoms. The maximum atomic E-state index is 13.4. The molecule has 1 aliphatic rings. The average molecular weight is 352 g/mol. The second kappa shape index (κ2) is 6.25. The van der Waals surface area contributed by atoms with Crippen LogP contribution < -0.4 is 11.1 Å². The molecule has 3 rings (SSSR count). The van der Waals surface area contributed by atoms with E-state index in [0.29, 0.717) is 16.3 Å². The normalized spacial score (nSPS) is 16.3. The molecule has 2 heterocycles. The van der Waals surface area contributed by atoms with E-state index in [0.717, 1.165) is 5.56 Å². The van der Waals surface area contributed by atoms with Crippen LogP contribution >= 0.6 is 0 Å². The van der Waals surface area contributed by atoms with Crippen LogP contribution in [0.25, 0.3) is 11.8 Å². The first-order valence-corrected chi connectivity index (χ1v) is 7.48. The molecule has 3 N–H and O–H groups in total. The highest BCUT2D eigenvalue weighted by Gasteiger charge is 2.37. The molecule has 1 aromatic heterocycles. The molecule has 0 aliphatic carbocycles. The standard InChI is InChI=1S/C16H15F3N4O2/c1-2-25-15(24)12-8-13(16(17,18)19)23(22-12)10-4-3-9-5-6-21-14(20)11(9)7-10/h3-8,14,21H,2,20H2,1H3. The highest BCUT2D eigenvalue weighted by atomic mass is 19.4. The summed E-state index contributed by atoms with van der Waals surface area (Å²) in [7, 11) is 0. The van der Waals surface area contributed by atoms with Crippen LogP contribution in [0.4, 0.5) is 13.2 Å². The van der Waals surface area contributed by atoms with Crippen LogP contribution in [-0.4, -0.2) is 22.4 Å². The first-order chi connectivity index (χ1) is 11.8. The number of carbonyl (C=O) groups excluding carboxylic acids is 1.